The highest BCUT2D eigenvalue weighted by Crippen LogP contribution is 2.43. The summed E-state index contributed by atoms with van der Waals surface area (Å²) in [5.74, 6) is 0.368. The number of carbonyl (C=O) groups is 1. The van der Waals surface area contributed by atoms with E-state index in [4.69, 9.17) is 10.5 Å². The summed E-state index contributed by atoms with van der Waals surface area (Å²) in [7, 11) is 1.41. The molecule has 0 aliphatic heterocycles. The van der Waals surface area contributed by atoms with Gasteiger partial charge in [-0.25, -0.2) is 4.79 Å². The molecule has 100 valence electrons. The summed E-state index contributed by atoms with van der Waals surface area (Å²) in [4.78, 5) is 13.0. The highest BCUT2D eigenvalue weighted by atomic mass is 32.1. The van der Waals surface area contributed by atoms with Crippen LogP contribution in [0.3, 0.4) is 0 Å². The molecule has 1 aromatic rings. The molecular formula is C14H21NO2S. The topological polar surface area (TPSA) is 52.3 Å². The predicted molar refractivity (Wildman–Crippen MR) is 75.0 cm³/mol. The minimum atomic E-state index is -0.292. The molecule has 18 heavy (non-hydrogen) atoms. The Morgan fingerprint density at radius 2 is 2.11 bits per heavy atom. The highest BCUT2D eigenvalue weighted by Gasteiger charge is 2.33. The molecule has 0 aromatic carbocycles. The number of ether oxygens (including phenoxy) is 1. The Hall–Kier alpha value is -1.03. The molecule has 1 atom stereocenters. The molecule has 2 N–H and O–H groups in total. The van der Waals surface area contributed by atoms with Crippen LogP contribution in [0.15, 0.2) is 0 Å². The third-order valence-corrected chi connectivity index (χ3v) is 4.99. The Kier molecular flexibility index (Phi) is 3.41. The van der Waals surface area contributed by atoms with Crippen molar-refractivity contribution in [3.8, 4) is 0 Å². The first kappa shape index (κ1) is 13.4. The van der Waals surface area contributed by atoms with E-state index in [9.17, 15) is 4.79 Å². The molecule has 1 aliphatic carbocycles. The average Bonchev–Trinajstić information content (AvgIpc) is 2.61. The van der Waals surface area contributed by atoms with E-state index in [1.54, 1.807) is 11.3 Å². The van der Waals surface area contributed by atoms with Crippen LogP contribution in [0.25, 0.3) is 0 Å². The standard InChI is InChI=1S/C14H21NO2S/c1-14(2,3)8-5-6-9-10(7-8)18-12(15)11(9)13(16)17-4/h8H,5-7,15H2,1-4H3. The molecule has 0 saturated carbocycles. The van der Waals surface area contributed by atoms with E-state index >= 15 is 0 Å². The van der Waals surface area contributed by atoms with E-state index in [0.717, 1.165) is 24.8 Å². The van der Waals surface area contributed by atoms with Crippen LogP contribution in [0.5, 0.6) is 0 Å². The van der Waals surface area contributed by atoms with Crippen LogP contribution in [0.4, 0.5) is 5.00 Å². The molecule has 4 heteroatoms. The lowest BCUT2D eigenvalue weighted by molar-refractivity contribution is 0.0600. The van der Waals surface area contributed by atoms with Gasteiger partial charge < -0.3 is 10.5 Å². The third kappa shape index (κ3) is 2.26. The SMILES string of the molecule is COC(=O)c1c(N)sc2c1CCC(C(C)(C)C)C2. The van der Waals surface area contributed by atoms with Gasteiger partial charge in [0.25, 0.3) is 0 Å². The van der Waals surface area contributed by atoms with Crippen LogP contribution in [0, 0.1) is 11.3 Å². The molecule has 0 radical (unpaired) electrons. The first-order valence-corrected chi connectivity index (χ1v) is 7.14. The first-order valence-electron chi connectivity index (χ1n) is 6.33. The lowest BCUT2D eigenvalue weighted by atomic mass is 9.72. The predicted octanol–water partition coefficient (Wildman–Crippen LogP) is 3.27. The highest BCUT2D eigenvalue weighted by molar-refractivity contribution is 7.16. The number of nitrogens with two attached hydrogens (primary N) is 1. The summed E-state index contributed by atoms with van der Waals surface area (Å²) >= 11 is 1.56. The zero-order chi connectivity index (χ0) is 13.5. The zero-order valence-electron chi connectivity index (χ0n) is 11.5. The number of fused-ring (bicyclic) bond motifs is 1. The van der Waals surface area contributed by atoms with Crippen molar-refractivity contribution in [3.05, 3.63) is 16.0 Å². The molecule has 1 unspecified atom stereocenters. The van der Waals surface area contributed by atoms with Crippen molar-refractivity contribution in [1.82, 2.24) is 0 Å². The van der Waals surface area contributed by atoms with Gasteiger partial charge in [0.2, 0.25) is 0 Å². The Balaban J connectivity index is 2.34. The van der Waals surface area contributed by atoms with Gasteiger partial charge >= 0.3 is 5.97 Å². The second kappa shape index (κ2) is 4.57. The first-order chi connectivity index (χ1) is 8.34. The lowest BCUT2D eigenvalue weighted by Gasteiger charge is -2.33. The smallest absolute Gasteiger partial charge is 0.341 e. The van der Waals surface area contributed by atoms with Crippen molar-refractivity contribution in [2.45, 2.75) is 40.0 Å². The Morgan fingerprint density at radius 1 is 1.44 bits per heavy atom. The molecule has 1 aliphatic rings. The van der Waals surface area contributed by atoms with Gasteiger partial charge in [0.05, 0.1) is 12.7 Å². The van der Waals surface area contributed by atoms with E-state index in [2.05, 4.69) is 20.8 Å². The molecule has 0 bridgehead atoms. The Morgan fingerprint density at radius 3 is 2.67 bits per heavy atom. The number of nitrogen functional groups attached to an aromatic ring is 1. The molecule has 0 spiro atoms. The summed E-state index contributed by atoms with van der Waals surface area (Å²) in [6, 6.07) is 0. The van der Waals surface area contributed by atoms with Crippen LogP contribution >= 0.6 is 11.3 Å². The molecule has 1 heterocycles. The summed E-state index contributed by atoms with van der Waals surface area (Å²) in [6.07, 6.45) is 3.09. The largest absolute Gasteiger partial charge is 0.465 e. The maximum absolute atomic E-state index is 11.8. The van der Waals surface area contributed by atoms with Gasteiger partial charge in [-0.3, -0.25) is 0 Å². The van der Waals surface area contributed by atoms with E-state index in [1.807, 2.05) is 0 Å². The van der Waals surface area contributed by atoms with Crippen LogP contribution in [0.2, 0.25) is 0 Å². The minimum absolute atomic E-state index is 0.292. The van der Waals surface area contributed by atoms with Crippen LogP contribution < -0.4 is 5.73 Å². The molecular weight excluding hydrogens is 246 g/mol. The molecule has 0 saturated heterocycles. The van der Waals surface area contributed by atoms with Crippen molar-refractivity contribution in [3.63, 3.8) is 0 Å². The Labute approximate surface area is 112 Å². The number of rotatable bonds is 1. The van der Waals surface area contributed by atoms with Gasteiger partial charge in [0.15, 0.2) is 0 Å². The molecule has 2 rings (SSSR count). The van der Waals surface area contributed by atoms with Gasteiger partial charge in [-0.1, -0.05) is 20.8 Å². The number of methoxy groups -OCH3 is 1. The van der Waals surface area contributed by atoms with Gasteiger partial charge in [-0.2, -0.15) is 0 Å². The number of carbonyl (C=O) groups excluding carboxylic acids is 1. The van der Waals surface area contributed by atoms with Crippen LogP contribution in [-0.4, -0.2) is 13.1 Å². The summed E-state index contributed by atoms with van der Waals surface area (Å²) in [5.41, 5.74) is 8.02. The Bertz CT molecular complexity index is 471. The van der Waals surface area contributed by atoms with Crippen LogP contribution in [-0.2, 0) is 17.6 Å². The minimum Gasteiger partial charge on any atom is -0.465 e. The average molecular weight is 267 g/mol. The zero-order valence-corrected chi connectivity index (χ0v) is 12.3. The third-order valence-electron chi connectivity index (χ3n) is 3.91. The number of hydrogen-bond donors (Lipinski definition) is 1. The number of hydrogen-bond acceptors (Lipinski definition) is 4. The number of esters is 1. The molecule has 0 amide bonds. The van der Waals surface area contributed by atoms with E-state index in [-0.39, 0.29) is 5.97 Å². The summed E-state index contributed by atoms with van der Waals surface area (Å²) in [5, 5.41) is 0.612. The fraction of sp³-hybridized carbons (Fsp3) is 0.643. The monoisotopic (exact) mass is 267 g/mol. The van der Waals surface area contributed by atoms with Crippen molar-refractivity contribution in [2.75, 3.05) is 12.8 Å². The number of thiophene rings is 1. The quantitative estimate of drug-likeness (QED) is 0.794. The summed E-state index contributed by atoms with van der Waals surface area (Å²) < 4.78 is 4.82. The van der Waals surface area contributed by atoms with Crippen molar-refractivity contribution >= 4 is 22.3 Å². The van der Waals surface area contributed by atoms with E-state index in [1.165, 1.54) is 12.0 Å². The normalized spacial score (nSPS) is 19.4. The number of anilines is 1. The van der Waals surface area contributed by atoms with Crippen molar-refractivity contribution < 1.29 is 9.53 Å². The van der Waals surface area contributed by atoms with Crippen molar-refractivity contribution in [2.24, 2.45) is 11.3 Å². The fourth-order valence-corrected chi connectivity index (χ4v) is 3.86. The fourth-order valence-electron chi connectivity index (χ4n) is 2.67. The van der Waals surface area contributed by atoms with E-state index < -0.39 is 0 Å². The molecule has 3 nitrogen and oxygen atoms in total. The molecule has 0 fully saturated rings. The lowest BCUT2D eigenvalue weighted by Crippen LogP contribution is -2.26. The van der Waals surface area contributed by atoms with Crippen LogP contribution in [0.1, 0.15) is 48.0 Å². The summed E-state index contributed by atoms with van der Waals surface area (Å²) in [6.45, 7) is 6.84. The second-order valence-electron chi connectivity index (χ2n) is 6.04. The van der Waals surface area contributed by atoms with Gasteiger partial charge in [0.1, 0.15) is 5.00 Å². The van der Waals surface area contributed by atoms with Gasteiger partial charge in [-0.15, -0.1) is 11.3 Å². The van der Waals surface area contributed by atoms with Gasteiger partial charge in [-0.05, 0) is 36.2 Å². The maximum atomic E-state index is 11.8. The molecule has 1 aromatic heterocycles. The van der Waals surface area contributed by atoms with Gasteiger partial charge in [0, 0.05) is 4.88 Å². The van der Waals surface area contributed by atoms with E-state index in [0.29, 0.717) is 21.9 Å². The second-order valence-corrected chi connectivity index (χ2v) is 7.18. The maximum Gasteiger partial charge on any atom is 0.341 e. The van der Waals surface area contributed by atoms with Crippen molar-refractivity contribution in [1.29, 1.82) is 0 Å².